The van der Waals surface area contributed by atoms with E-state index in [1.165, 1.54) is 12.7 Å². The monoisotopic (exact) mass is 354 g/mol. The van der Waals surface area contributed by atoms with Crippen LogP contribution in [0.3, 0.4) is 0 Å². The molecule has 0 heterocycles. The molecule has 26 heavy (non-hydrogen) atoms. The first-order valence-corrected chi connectivity index (χ1v) is 9.32. The highest BCUT2D eigenvalue weighted by atomic mass is 16.5. The van der Waals surface area contributed by atoms with Gasteiger partial charge in [-0.3, -0.25) is 4.79 Å². The fourth-order valence-electron chi connectivity index (χ4n) is 3.59. The number of hydrogen-bond acceptors (Lipinski definition) is 3. The van der Waals surface area contributed by atoms with E-state index < -0.39 is 5.41 Å². The van der Waals surface area contributed by atoms with Gasteiger partial charge in [0.15, 0.2) is 0 Å². The molecule has 3 unspecified atom stereocenters. The van der Waals surface area contributed by atoms with Crippen LogP contribution in [0, 0.1) is 5.41 Å². The summed E-state index contributed by atoms with van der Waals surface area (Å²) in [5.41, 5.74) is 1.93. The van der Waals surface area contributed by atoms with Crippen LogP contribution in [0.5, 0.6) is 5.75 Å². The summed E-state index contributed by atoms with van der Waals surface area (Å²) in [5, 5.41) is 9.63. The van der Waals surface area contributed by atoms with Crippen molar-refractivity contribution in [1.82, 2.24) is 0 Å². The highest BCUT2D eigenvalue weighted by Gasteiger charge is 2.36. The number of ether oxygens (including phenoxy) is 1. The molecule has 3 nitrogen and oxygen atoms in total. The normalized spacial score (nSPS) is 15.7. The number of phenolic OH excluding ortho intramolecular Hbond substituents is 1. The van der Waals surface area contributed by atoms with Gasteiger partial charge in [-0.2, -0.15) is 0 Å². The quantitative estimate of drug-likeness (QED) is 0.623. The molecule has 2 aromatic rings. The maximum absolute atomic E-state index is 12.4. The van der Waals surface area contributed by atoms with E-state index in [4.69, 9.17) is 4.74 Å². The number of benzene rings is 2. The Kier molecular flexibility index (Phi) is 6.84. The van der Waals surface area contributed by atoms with Crippen molar-refractivity contribution in [2.24, 2.45) is 5.41 Å². The molecule has 0 aromatic heterocycles. The lowest BCUT2D eigenvalue weighted by atomic mass is 9.73. The number of methoxy groups -OCH3 is 1. The summed E-state index contributed by atoms with van der Waals surface area (Å²) in [4.78, 5) is 12.4. The van der Waals surface area contributed by atoms with Gasteiger partial charge in [0.2, 0.25) is 0 Å². The van der Waals surface area contributed by atoms with Gasteiger partial charge in [0.05, 0.1) is 12.5 Å². The Morgan fingerprint density at radius 2 is 1.69 bits per heavy atom. The van der Waals surface area contributed by atoms with Crippen LogP contribution in [-0.4, -0.2) is 18.2 Å². The molecule has 140 valence electrons. The fraction of sp³-hybridized carbons (Fsp3) is 0.435. The molecule has 0 bridgehead atoms. The third-order valence-corrected chi connectivity index (χ3v) is 5.53. The Balaban J connectivity index is 2.29. The summed E-state index contributed by atoms with van der Waals surface area (Å²) in [6, 6.07) is 17.8. The SMILES string of the molecule is CCC(C)(CC(CC(C)c1ccccc1)c1ccc(O)cc1)C(=O)OC. The smallest absolute Gasteiger partial charge is 0.311 e. The van der Waals surface area contributed by atoms with E-state index in [1.54, 1.807) is 12.1 Å². The zero-order valence-corrected chi connectivity index (χ0v) is 16.2. The lowest BCUT2D eigenvalue weighted by molar-refractivity contribution is -0.152. The molecule has 0 radical (unpaired) electrons. The molecule has 2 rings (SSSR count). The van der Waals surface area contributed by atoms with E-state index in [0.717, 1.165) is 24.8 Å². The molecule has 3 heteroatoms. The Labute approximate surface area is 157 Å². The highest BCUT2D eigenvalue weighted by Crippen LogP contribution is 2.41. The second-order valence-corrected chi connectivity index (χ2v) is 7.45. The van der Waals surface area contributed by atoms with Crippen LogP contribution in [0.1, 0.15) is 63.0 Å². The van der Waals surface area contributed by atoms with E-state index in [1.807, 2.05) is 32.0 Å². The van der Waals surface area contributed by atoms with Gasteiger partial charge in [-0.05, 0) is 61.3 Å². The summed E-state index contributed by atoms with van der Waals surface area (Å²) >= 11 is 0. The summed E-state index contributed by atoms with van der Waals surface area (Å²) in [6.07, 6.45) is 2.38. The molecule has 0 saturated heterocycles. The fourth-order valence-corrected chi connectivity index (χ4v) is 3.59. The van der Waals surface area contributed by atoms with E-state index in [0.29, 0.717) is 5.92 Å². The largest absolute Gasteiger partial charge is 0.508 e. The van der Waals surface area contributed by atoms with Crippen molar-refractivity contribution in [3.8, 4) is 5.75 Å². The molecular formula is C23H30O3. The first kappa shape index (κ1) is 20.0. The topological polar surface area (TPSA) is 46.5 Å². The van der Waals surface area contributed by atoms with Crippen molar-refractivity contribution < 1.29 is 14.6 Å². The minimum Gasteiger partial charge on any atom is -0.508 e. The summed E-state index contributed by atoms with van der Waals surface area (Å²) in [5.74, 6) is 0.676. The van der Waals surface area contributed by atoms with E-state index >= 15 is 0 Å². The maximum Gasteiger partial charge on any atom is 0.311 e. The minimum absolute atomic E-state index is 0.156. The zero-order chi connectivity index (χ0) is 19.2. The second kappa shape index (κ2) is 8.88. The summed E-state index contributed by atoms with van der Waals surface area (Å²) in [6.45, 7) is 6.25. The predicted octanol–water partition coefficient (Wildman–Crippen LogP) is 5.65. The van der Waals surface area contributed by atoms with Crippen LogP contribution in [0.2, 0.25) is 0 Å². The molecule has 2 aromatic carbocycles. The van der Waals surface area contributed by atoms with Crippen molar-refractivity contribution in [1.29, 1.82) is 0 Å². The van der Waals surface area contributed by atoms with Gasteiger partial charge in [0.25, 0.3) is 0 Å². The number of hydrogen-bond donors (Lipinski definition) is 1. The number of esters is 1. The number of aromatic hydroxyl groups is 1. The van der Waals surface area contributed by atoms with Crippen LogP contribution in [0.4, 0.5) is 0 Å². The van der Waals surface area contributed by atoms with Gasteiger partial charge in [0.1, 0.15) is 5.75 Å². The molecule has 0 spiro atoms. The van der Waals surface area contributed by atoms with Gasteiger partial charge < -0.3 is 9.84 Å². The molecule has 1 N–H and O–H groups in total. The third-order valence-electron chi connectivity index (χ3n) is 5.53. The van der Waals surface area contributed by atoms with Crippen molar-refractivity contribution in [3.63, 3.8) is 0 Å². The average molecular weight is 354 g/mol. The minimum atomic E-state index is -0.520. The van der Waals surface area contributed by atoms with E-state index in [-0.39, 0.29) is 17.6 Å². The summed E-state index contributed by atoms with van der Waals surface area (Å²) < 4.78 is 5.07. The highest BCUT2D eigenvalue weighted by molar-refractivity contribution is 5.76. The van der Waals surface area contributed by atoms with Gasteiger partial charge in [-0.15, -0.1) is 0 Å². The first-order chi connectivity index (χ1) is 12.4. The lowest BCUT2D eigenvalue weighted by Crippen LogP contribution is -2.30. The molecule has 0 aliphatic rings. The van der Waals surface area contributed by atoms with Crippen LogP contribution in [0.25, 0.3) is 0 Å². The van der Waals surface area contributed by atoms with E-state index in [9.17, 15) is 9.90 Å². The van der Waals surface area contributed by atoms with Gasteiger partial charge in [-0.25, -0.2) is 0 Å². The molecular weight excluding hydrogens is 324 g/mol. The van der Waals surface area contributed by atoms with Gasteiger partial charge >= 0.3 is 5.97 Å². The number of carbonyl (C=O) groups excluding carboxylic acids is 1. The predicted molar refractivity (Wildman–Crippen MR) is 105 cm³/mol. The number of carbonyl (C=O) groups is 1. The maximum atomic E-state index is 12.4. The molecule has 0 aliphatic carbocycles. The standard InChI is InChI=1S/C23H30O3/c1-5-23(3,22(25)26-4)16-20(19-11-13-21(24)14-12-19)15-17(2)18-9-7-6-8-10-18/h6-14,17,20,24H,5,15-16H2,1-4H3. The second-order valence-electron chi connectivity index (χ2n) is 7.45. The van der Waals surface area contributed by atoms with Crippen LogP contribution < -0.4 is 0 Å². The van der Waals surface area contributed by atoms with Crippen molar-refractivity contribution in [2.45, 2.75) is 51.9 Å². The number of rotatable bonds is 8. The first-order valence-electron chi connectivity index (χ1n) is 9.32. The van der Waals surface area contributed by atoms with Crippen LogP contribution in [-0.2, 0) is 9.53 Å². The van der Waals surface area contributed by atoms with Gasteiger partial charge in [0, 0.05) is 0 Å². The molecule has 0 amide bonds. The van der Waals surface area contributed by atoms with Crippen molar-refractivity contribution in [3.05, 3.63) is 65.7 Å². The van der Waals surface area contributed by atoms with Crippen molar-refractivity contribution >= 4 is 5.97 Å². The van der Waals surface area contributed by atoms with Crippen LogP contribution in [0.15, 0.2) is 54.6 Å². The molecule has 0 fully saturated rings. The van der Waals surface area contributed by atoms with E-state index in [2.05, 4.69) is 31.2 Å². The average Bonchev–Trinajstić information content (AvgIpc) is 2.67. The number of phenols is 1. The van der Waals surface area contributed by atoms with Crippen LogP contribution >= 0.6 is 0 Å². The molecule has 3 atom stereocenters. The molecule has 0 saturated carbocycles. The Hall–Kier alpha value is -2.29. The Bertz CT molecular complexity index is 693. The third kappa shape index (κ3) is 4.87. The van der Waals surface area contributed by atoms with Crippen molar-refractivity contribution in [2.75, 3.05) is 7.11 Å². The summed E-state index contributed by atoms with van der Waals surface area (Å²) in [7, 11) is 1.46. The Morgan fingerprint density at radius 1 is 1.08 bits per heavy atom. The Morgan fingerprint density at radius 3 is 2.23 bits per heavy atom. The molecule has 0 aliphatic heterocycles. The lowest BCUT2D eigenvalue weighted by Gasteiger charge is -2.31. The zero-order valence-electron chi connectivity index (χ0n) is 16.2. The van der Waals surface area contributed by atoms with Gasteiger partial charge in [-0.1, -0.05) is 56.3 Å².